The molecule has 0 atom stereocenters. The van der Waals surface area contributed by atoms with Crippen molar-refractivity contribution in [3.63, 3.8) is 0 Å². The summed E-state index contributed by atoms with van der Waals surface area (Å²) in [4.78, 5) is 0. The van der Waals surface area contributed by atoms with Gasteiger partial charge in [0.2, 0.25) is 0 Å². The van der Waals surface area contributed by atoms with E-state index >= 15 is 0 Å². The SMILES string of the molecule is Cc1cc(CO)c(C(F)(F)c2cccc(C(C)C)c2)cc1C. The lowest BCUT2D eigenvalue weighted by Gasteiger charge is -2.22. The average Bonchev–Trinajstić information content (AvgIpc) is 2.49. The average molecular weight is 304 g/mol. The van der Waals surface area contributed by atoms with Crippen LogP contribution in [0, 0.1) is 13.8 Å². The summed E-state index contributed by atoms with van der Waals surface area (Å²) < 4.78 is 30.0. The Balaban J connectivity index is 2.59. The first-order chi connectivity index (χ1) is 10.3. The summed E-state index contributed by atoms with van der Waals surface area (Å²) in [6.45, 7) is 7.23. The molecule has 0 heterocycles. The lowest BCUT2D eigenvalue weighted by molar-refractivity contribution is 0.0403. The van der Waals surface area contributed by atoms with Crippen LogP contribution in [0.5, 0.6) is 0 Å². The normalized spacial score (nSPS) is 12.0. The molecule has 3 heteroatoms. The van der Waals surface area contributed by atoms with E-state index in [9.17, 15) is 13.9 Å². The Hall–Kier alpha value is -1.74. The fourth-order valence-electron chi connectivity index (χ4n) is 2.55. The van der Waals surface area contributed by atoms with Gasteiger partial charge in [-0.3, -0.25) is 0 Å². The van der Waals surface area contributed by atoms with Crippen LogP contribution in [0.3, 0.4) is 0 Å². The van der Waals surface area contributed by atoms with Gasteiger partial charge < -0.3 is 5.11 Å². The zero-order chi connectivity index (χ0) is 16.5. The number of halogens is 2. The molecule has 0 saturated carbocycles. The number of alkyl halides is 2. The van der Waals surface area contributed by atoms with Crippen LogP contribution in [0.25, 0.3) is 0 Å². The maximum absolute atomic E-state index is 15.0. The smallest absolute Gasteiger partial charge is 0.298 e. The van der Waals surface area contributed by atoms with Gasteiger partial charge in [-0.1, -0.05) is 38.1 Å². The van der Waals surface area contributed by atoms with Crippen molar-refractivity contribution in [2.45, 2.75) is 46.1 Å². The Morgan fingerprint density at radius 2 is 1.68 bits per heavy atom. The summed E-state index contributed by atoms with van der Waals surface area (Å²) in [5.41, 5.74) is 2.72. The zero-order valence-electron chi connectivity index (χ0n) is 13.5. The molecule has 0 bridgehead atoms. The minimum Gasteiger partial charge on any atom is -0.392 e. The van der Waals surface area contributed by atoms with Crippen LogP contribution < -0.4 is 0 Å². The number of hydrogen-bond acceptors (Lipinski definition) is 1. The molecule has 0 aliphatic rings. The molecule has 2 rings (SSSR count). The molecular formula is C19H22F2O. The van der Waals surface area contributed by atoms with E-state index in [1.54, 1.807) is 25.1 Å². The Morgan fingerprint density at radius 3 is 2.27 bits per heavy atom. The van der Waals surface area contributed by atoms with Crippen molar-refractivity contribution in [2.75, 3.05) is 0 Å². The summed E-state index contributed by atoms with van der Waals surface area (Å²) in [5.74, 6) is -2.94. The lowest BCUT2D eigenvalue weighted by atomic mass is 9.90. The highest BCUT2D eigenvalue weighted by atomic mass is 19.3. The van der Waals surface area contributed by atoms with E-state index in [4.69, 9.17) is 0 Å². The van der Waals surface area contributed by atoms with Gasteiger partial charge in [0.15, 0.2) is 0 Å². The molecule has 2 aromatic carbocycles. The van der Waals surface area contributed by atoms with Crippen LogP contribution in [0.2, 0.25) is 0 Å². The van der Waals surface area contributed by atoms with Gasteiger partial charge in [-0.2, -0.15) is 8.78 Å². The number of rotatable bonds is 4. The third-order valence-corrected chi connectivity index (χ3v) is 4.14. The fourth-order valence-corrected chi connectivity index (χ4v) is 2.55. The molecule has 0 aliphatic heterocycles. The summed E-state index contributed by atoms with van der Waals surface area (Å²) in [6.07, 6.45) is 0. The van der Waals surface area contributed by atoms with E-state index < -0.39 is 12.5 Å². The van der Waals surface area contributed by atoms with E-state index in [1.165, 1.54) is 12.1 Å². The second kappa shape index (κ2) is 6.17. The number of hydrogen-bond donors (Lipinski definition) is 1. The topological polar surface area (TPSA) is 20.2 Å². The Labute approximate surface area is 130 Å². The first-order valence-electron chi connectivity index (χ1n) is 7.47. The van der Waals surface area contributed by atoms with E-state index in [1.807, 2.05) is 26.8 Å². The molecule has 2 aromatic rings. The maximum atomic E-state index is 15.0. The van der Waals surface area contributed by atoms with Crippen LogP contribution in [-0.4, -0.2) is 5.11 Å². The van der Waals surface area contributed by atoms with Crippen molar-refractivity contribution in [3.8, 4) is 0 Å². The molecule has 0 fully saturated rings. The molecule has 0 aromatic heterocycles. The molecule has 0 aliphatic carbocycles. The molecule has 0 amide bonds. The first-order valence-corrected chi connectivity index (χ1v) is 7.47. The third-order valence-electron chi connectivity index (χ3n) is 4.14. The predicted octanol–water partition coefficient (Wildman–Crippen LogP) is 5.06. The van der Waals surface area contributed by atoms with Crippen molar-refractivity contribution in [1.29, 1.82) is 0 Å². The molecule has 0 spiro atoms. The van der Waals surface area contributed by atoms with Crippen LogP contribution in [-0.2, 0) is 12.5 Å². The van der Waals surface area contributed by atoms with Gasteiger partial charge in [-0.05, 0) is 54.2 Å². The summed E-state index contributed by atoms with van der Waals surface area (Å²) in [5, 5.41) is 9.45. The van der Waals surface area contributed by atoms with Gasteiger partial charge in [0.25, 0.3) is 5.92 Å². The lowest BCUT2D eigenvalue weighted by Crippen LogP contribution is -2.19. The van der Waals surface area contributed by atoms with Crippen LogP contribution in [0.15, 0.2) is 36.4 Å². The summed E-state index contributed by atoms with van der Waals surface area (Å²) in [6, 6.07) is 9.66. The molecular weight excluding hydrogens is 282 g/mol. The quantitative estimate of drug-likeness (QED) is 0.837. The molecule has 1 N–H and O–H groups in total. The van der Waals surface area contributed by atoms with Gasteiger partial charge in [-0.15, -0.1) is 0 Å². The number of benzene rings is 2. The van der Waals surface area contributed by atoms with Gasteiger partial charge >= 0.3 is 0 Å². The summed E-state index contributed by atoms with van der Waals surface area (Å²) in [7, 11) is 0. The van der Waals surface area contributed by atoms with Crippen LogP contribution >= 0.6 is 0 Å². The Morgan fingerprint density at radius 1 is 1.05 bits per heavy atom. The second-order valence-corrected chi connectivity index (χ2v) is 6.11. The van der Waals surface area contributed by atoms with E-state index in [0.717, 1.165) is 16.7 Å². The monoisotopic (exact) mass is 304 g/mol. The molecule has 0 unspecified atom stereocenters. The number of aryl methyl sites for hydroxylation is 2. The molecule has 118 valence electrons. The van der Waals surface area contributed by atoms with Crippen molar-refractivity contribution in [3.05, 3.63) is 69.8 Å². The Kier molecular flexibility index (Phi) is 4.66. The number of aliphatic hydroxyl groups is 1. The minimum atomic E-state index is -3.12. The Bertz CT molecular complexity index is 675. The first kappa shape index (κ1) is 16.6. The van der Waals surface area contributed by atoms with Crippen molar-refractivity contribution >= 4 is 0 Å². The van der Waals surface area contributed by atoms with Gasteiger partial charge in [-0.25, -0.2) is 0 Å². The highest BCUT2D eigenvalue weighted by Crippen LogP contribution is 2.39. The second-order valence-electron chi connectivity index (χ2n) is 6.11. The van der Waals surface area contributed by atoms with E-state index in [2.05, 4.69) is 0 Å². The van der Waals surface area contributed by atoms with Crippen LogP contribution in [0.1, 0.15) is 53.1 Å². The van der Waals surface area contributed by atoms with E-state index in [0.29, 0.717) is 0 Å². The summed E-state index contributed by atoms with van der Waals surface area (Å²) >= 11 is 0. The van der Waals surface area contributed by atoms with Crippen molar-refractivity contribution in [1.82, 2.24) is 0 Å². The highest BCUT2D eigenvalue weighted by molar-refractivity contribution is 5.44. The fraction of sp³-hybridized carbons (Fsp3) is 0.368. The zero-order valence-corrected chi connectivity index (χ0v) is 13.5. The predicted molar refractivity (Wildman–Crippen MR) is 85.4 cm³/mol. The van der Waals surface area contributed by atoms with E-state index in [-0.39, 0.29) is 22.6 Å². The van der Waals surface area contributed by atoms with Crippen molar-refractivity contribution in [2.24, 2.45) is 0 Å². The molecule has 0 saturated heterocycles. The van der Waals surface area contributed by atoms with Crippen LogP contribution in [0.4, 0.5) is 8.78 Å². The van der Waals surface area contributed by atoms with Gasteiger partial charge in [0.05, 0.1) is 6.61 Å². The molecule has 22 heavy (non-hydrogen) atoms. The highest BCUT2D eigenvalue weighted by Gasteiger charge is 2.36. The molecule has 0 radical (unpaired) electrons. The maximum Gasteiger partial charge on any atom is 0.298 e. The largest absolute Gasteiger partial charge is 0.392 e. The minimum absolute atomic E-state index is 0.0309. The third kappa shape index (κ3) is 3.05. The van der Waals surface area contributed by atoms with Gasteiger partial charge in [0, 0.05) is 11.1 Å². The molecule has 1 nitrogen and oxygen atoms in total. The van der Waals surface area contributed by atoms with Crippen molar-refractivity contribution < 1.29 is 13.9 Å². The number of aliphatic hydroxyl groups excluding tert-OH is 1. The standard InChI is InChI=1S/C19H22F2O/c1-12(2)15-6-5-7-17(10-15)19(20,21)18-9-14(4)13(3)8-16(18)11-22/h5-10,12,22H,11H2,1-4H3. The van der Waals surface area contributed by atoms with Gasteiger partial charge in [0.1, 0.15) is 0 Å².